The van der Waals surface area contributed by atoms with Crippen LogP contribution < -0.4 is 10.6 Å². The number of anilines is 1. The largest absolute Gasteiger partial charge is 0.325 e. The van der Waals surface area contributed by atoms with Gasteiger partial charge in [-0.3, -0.25) is 4.79 Å². The first-order chi connectivity index (χ1) is 7.76. The zero-order valence-corrected chi connectivity index (χ0v) is 8.66. The van der Waals surface area contributed by atoms with Gasteiger partial charge in [-0.05, 0) is 18.1 Å². The van der Waals surface area contributed by atoms with Crippen molar-refractivity contribution in [1.82, 2.24) is 5.32 Å². The fraction of sp³-hybridized carbons (Fsp3) is 0.333. The third-order valence-corrected chi connectivity index (χ3v) is 3.48. The number of nitrogens with zero attached hydrogens (tertiary/aromatic N) is 1. The molecule has 4 heteroatoms. The smallest absolute Gasteiger partial charge is 0.236 e. The fourth-order valence-electron chi connectivity index (χ4n) is 2.63. The van der Waals surface area contributed by atoms with Gasteiger partial charge in [-0.1, -0.05) is 18.2 Å². The Bertz CT molecular complexity index is 505. The zero-order chi connectivity index (χ0) is 11.2. The number of para-hydroxylation sites is 1. The Balaban J connectivity index is 2.09. The molecule has 2 atom stereocenters. The second kappa shape index (κ2) is 3.06. The van der Waals surface area contributed by atoms with Gasteiger partial charge < -0.3 is 10.6 Å². The average Bonchev–Trinajstić information content (AvgIpc) is 2.85. The molecule has 2 aliphatic rings. The summed E-state index contributed by atoms with van der Waals surface area (Å²) in [5.74, 6) is 0.0129. The van der Waals surface area contributed by atoms with Gasteiger partial charge in [0.25, 0.3) is 0 Å². The van der Waals surface area contributed by atoms with E-state index in [-0.39, 0.29) is 11.9 Å². The number of nitrogens with one attached hydrogen (secondary N) is 2. The molecular weight excluding hydrogens is 202 g/mol. The molecule has 3 rings (SSSR count). The number of carbonyl (C=O) groups is 1. The Labute approximate surface area is 93.3 Å². The van der Waals surface area contributed by atoms with Gasteiger partial charge in [-0.25, -0.2) is 0 Å². The predicted molar refractivity (Wildman–Crippen MR) is 58.8 cm³/mol. The van der Waals surface area contributed by atoms with Crippen molar-refractivity contribution in [1.29, 1.82) is 5.26 Å². The number of carbonyl (C=O) groups excluding carboxylic acids is 1. The highest BCUT2D eigenvalue weighted by atomic mass is 16.2. The van der Waals surface area contributed by atoms with Gasteiger partial charge in [-0.2, -0.15) is 5.26 Å². The standard InChI is InChI=1S/C12H11N3O/c13-6-8-5-12(7-14-8)9-3-1-2-4-10(9)15-11(12)16/h1-4,8,14H,5,7H2,(H,15,16). The van der Waals surface area contributed by atoms with Gasteiger partial charge >= 0.3 is 0 Å². The van der Waals surface area contributed by atoms with Crippen LogP contribution in [0.3, 0.4) is 0 Å². The Hall–Kier alpha value is -1.86. The van der Waals surface area contributed by atoms with E-state index in [1.807, 2.05) is 24.3 Å². The summed E-state index contributed by atoms with van der Waals surface area (Å²) in [6.45, 7) is 0.550. The van der Waals surface area contributed by atoms with Crippen molar-refractivity contribution in [3.8, 4) is 6.07 Å². The molecule has 0 aromatic heterocycles. The molecule has 1 spiro atoms. The monoisotopic (exact) mass is 213 g/mol. The first-order valence-electron chi connectivity index (χ1n) is 5.30. The lowest BCUT2D eigenvalue weighted by Crippen LogP contribution is -2.36. The van der Waals surface area contributed by atoms with Crippen LogP contribution in [0.15, 0.2) is 24.3 Å². The maximum absolute atomic E-state index is 12.1. The second-order valence-electron chi connectivity index (χ2n) is 4.35. The fourth-order valence-corrected chi connectivity index (χ4v) is 2.63. The highest BCUT2D eigenvalue weighted by Gasteiger charge is 2.51. The molecule has 1 amide bonds. The van der Waals surface area contributed by atoms with Gasteiger partial charge in [0.1, 0.15) is 0 Å². The SMILES string of the molecule is N#CC1CC2(CN1)C(=O)Nc1ccccc12. The Morgan fingerprint density at radius 2 is 2.25 bits per heavy atom. The summed E-state index contributed by atoms with van der Waals surface area (Å²) in [6.07, 6.45) is 0.562. The van der Waals surface area contributed by atoms with Crippen molar-refractivity contribution >= 4 is 11.6 Å². The van der Waals surface area contributed by atoms with E-state index in [4.69, 9.17) is 5.26 Å². The Kier molecular flexibility index (Phi) is 1.79. The van der Waals surface area contributed by atoms with Crippen LogP contribution in [0.2, 0.25) is 0 Å². The zero-order valence-electron chi connectivity index (χ0n) is 8.66. The number of rotatable bonds is 0. The minimum Gasteiger partial charge on any atom is -0.325 e. The van der Waals surface area contributed by atoms with Crippen LogP contribution in [0.25, 0.3) is 0 Å². The van der Waals surface area contributed by atoms with Crippen LogP contribution >= 0.6 is 0 Å². The highest BCUT2D eigenvalue weighted by molar-refractivity contribution is 6.06. The quantitative estimate of drug-likeness (QED) is 0.668. The number of nitriles is 1. The summed E-state index contributed by atoms with van der Waals surface area (Å²) in [4.78, 5) is 12.1. The van der Waals surface area contributed by atoms with Crippen molar-refractivity contribution < 1.29 is 4.79 Å². The van der Waals surface area contributed by atoms with Crippen molar-refractivity contribution in [3.05, 3.63) is 29.8 Å². The molecule has 2 N–H and O–H groups in total. The van der Waals surface area contributed by atoms with Gasteiger partial charge in [0, 0.05) is 12.2 Å². The Morgan fingerprint density at radius 3 is 3.00 bits per heavy atom. The summed E-state index contributed by atoms with van der Waals surface area (Å²) in [5.41, 5.74) is 1.37. The minimum atomic E-state index is -0.531. The van der Waals surface area contributed by atoms with Gasteiger partial charge in [0.2, 0.25) is 5.91 Å². The van der Waals surface area contributed by atoms with Crippen molar-refractivity contribution in [2.75, 3.05) is 11.9 Å². The Morgan fingerprint density at radius 1 is 1.44 bits per heavy atom. The lowest BCUT2D eigenvalue weighted by Gasteiger charge is -2.19. The van der Waals surface area contributed by atoms with Crippen molar-refractivity contribution in [2.45, 2.75) is 17.9 Å². The van der Waals surface area contributed by atoms with E-state index in [2.05, 4.69) is 16.7 Å². The molecule has 0 radical (unpaired) electrons. The molecule has 1 aromatic rings. The summed E-state index contributed by atoms with van der Waals surface area (Å²) in [5, 5.41) is 14.9. The number of amides is 1. The molecule has 1 fully saturated rings. The van der Waals surface area contributed by atoms with Crippen LogP contribution in [0, 0.1) is 11.3 Å². The summed E-state index contributed by atoms with van der Waals surface area (Å²) in [7, 11) is 0. The van der Waals surface area contributed by atoms with Crippen molar-refractivity contribution in [2.24, 2.45) is 0 Å². The normalized spacial score (nSPS) is 31.2. The molecule has 0 saturated carbocycles. The molecule has 0 aliphatic carbocycles. The van der Waals surface area contributed by atoms with Gasteiger partial charge in [0.15, 0.2) is 0 Å². The summed E-state index contributed by atoms with van der Waals surface area (Å²) in [6, 6.07) is 9.66. The maximum Gasteiger partial charge on any atom is 0.236 e. The second-order valence-corrected chi connectivity index (χ2v) is 4.35. The van der Waals surface area contributed by atoms with Crippen LogP contribution in [-0.4, -0.2) is 18.5 Å². The van der Waals surface area contributed by atoms with E-state index in [0.29, 0.717) is 13.0 Å². The number of hydrogen-bond acceptors (Lipinski definition) is 3. The molecule has 80 valence electrons. The molecule has 1 aromatic carbocycles. The molecule has 16 heavy (non-hydrogen) atoms. The van der Waals surface area contributed by atoms with E-state index in [1.165, 1.54) is 0 Å². The van der Waals surface area contributed by atoms with Crippen LogP contribution in [-0.2, 0) is 10.2 Å². The maximum atomic E-state index is 12.1. The lowest BCUT2D eigenvalue weighted by atomic mass is 9.80. The summed E-state index contributed by atoms with van der Waals surface area (Å²) >= 11 is 0. The van der Waals surface area contributed by atoms with E-state index in [1.54, 1.807) is 0 Å². The number of fused-ring (bicyclic) bond motifs is 2. The molecule has 2 unspecified atom stereocenters. The number of hydrogen-bond donors (Lipinski definition) is 2. The topological polar surface area (TPSA) is 64.9 Å². The van der Waals surface area contributed by atoms with E-state index >= 15 is 0 Å². The predicted octanol–water partition coefficient (Wildman–Crippen LogP) is 0.762. The molecule has 1 saturated heterocycles. The van der Waals surface area contributed by atoms with Crippen LogP contribution in [0.1, 0.15) is 12.0 Å². The van der Waals surface area contributed by atoms with Crippen LogP contribution in [0.4, 0.5) is 5.69 Å². The molecule has 2 aliphatic heterocycles. The molecule has 0 bridgehead atoms. The van der Waals surface area contributed by atoms with Crippen molar-refractivity contribution in [3.63, 3.8) is 0 Å². The first-order valence-corrected chi connectivity index (χ1v) is 5.30. The number of benzene rings is 1. The minimum absolute atomic E-state index is 0.0129. The lowest BCUT2D eigenvalue weighted by molar-refractivity contribution is -0.120. The van der Waals surface area contributed by atoms with Gasteiger partial charge in [0.05, 0.1) is 17.5 Å². The van der Waals surface area contributed by atoms with Crippen LogP contribution in [0.5, 0.6) is 0 Å². The molecule has 2 heterocycles. The van der Waals surface area contributed by atoms with E-state index in [9.17, 15) is 4.79 Å². The first kappa shape index (κ1) is 9.37. The van der Waals surface area contributed by atoms with Gasteiger partial charge in [-0.15, -0.1) is 0 Å². The summed E-state index contributed by atoms with van der Waals surface area (Å²) < 4.78 is 0. The average molecular weight is 213 g/mol. The molecular formula is C12H11N3O. The van der Waals surface area contributed by atoms with E-state index < -0.39 is 5.41 Å². The highest BCUT2D eigenvalue weighted by Crippen LogP contribution is 2.42. The third-order valence-electron chi connectivity index (χ3n) is 3.48. The third kappa shape index (κ3) is 1.04. The molecule has 4 nitrogen and oxygen atoms in total. The van der Waals surface area contributed by atoms with E-state index in [0.717, 1.165) is 11.3 Å².